The number of nitrogens with one attached hydrogen (secondary N) is 1. The van der Waals surface area contributed by atoms with Crippen LogP contribution in [0.1, 0.15) is 5.56 Å². The van der Waals surface area contributed by atoms with E-state index < -0.39 is 11.6 Å². The highest BCUT2D eigenvalue weighted by atomic mass is 35.5. The number of anilines is 2. The third kappa shape index (κ3) is 1.96. The maximum Gasteiger partial charge on any atom is 0.255 e. The Kier molecular flexibility index (Phi) is 2.98. The second-order valence-electron chi connectivity index (χ2n) is 4.07. The topological polar surface area (TPSA) is 55.1 Å². The highest BCUT2D eigenvalue weighted by Crippen LogP contribution is 2.27. The summed E-state index contributed by atoms with van der Waals surface area (Å²) < 4.78 is 28.3. The van der Waals surface area contributed by atoms with Gasteiger partial charge in [0.05, 0.1) is 5.69 Å². The number of rotatable bonds is 2. The lowest BCUT2D eigenvalue weighted by molar-refractivity contribution is 0.511. The third-order valence-electron chi connectivity index (χ3n) is 2.81. The molecule has 0 spiro atoms. The lowest BCUT2D eigenvalue weighted by atomic mass is 10.2. The van der Waals surface area contributed by atoms with Crippen LogP contribution in [0.25, 0.3) is 5.78 Å². The summed E-state index contributed by atoms with van der Waals surface area (Å²) in [5.74, 6) is -1.28. The zero-order valence-electron chi connectivity index (χ0n) is 10.2. The Labute approximate surface area is 117 Å². The molecule has 8 heteroatoms. The van der Waals surface area contributed by atoms with Crippen molar-refractivity contribution in [3.63, 3.8) is 0 Å². The number of hydrogen-bond donors (Lipinski definition) is 1. The minimum Gasteiger partial charge on any atom is -0.337 e. The number of aromatic nitrogens is 4. The van der Waals surface area contributed by atoms with Gasteiger partial charge < -0.3 is 5.32 Å². The summed E-state index contributed by atoms with van der Waals surface area (Å²) in [4.78, 5) is 7.94. The summed E-state index contributed by atoms with van der Waals surface area (Å²) >= 11 is 5.99. The molecule has 3 rings (SSSR count). The van der Waals surface area contributed by atoms with E-state index >= 15 is 0 Å². The van der Waals surface area contributed by atoms with Crippen LogP contribution in [0.15, 0.2) is 24.5 Å². The number of nitrogens with zero attached hydrogens (tertiary/aromatic N) is 4. The molecule has 0 aliphatic rings. The highest BCUT2D eigenvalue weighted by Gasteiger charge is 2.15. The van der Waals surface area contributed by atoms with Crippen molar-refractivity contribution in [2.24, 2.45) is 0 Å². The average molecular weight is 296 g/mol. The molecule has 3 aromatic rings. The van der Waals surface area contributed by atoms with Crippen molar-refractivity contribution in [2.75, 3.05) is 5.32 Å². The van der Waals surface area contributed by atoms with Crippen LogP contribution in [0.4, 0.5) is 20.3 Å². The Balaban J connectivity index is 2.17. The first kappa shape index (κ1) is 12.7. The molecule has 20 heavy (non-hydrogen) atoms. The summed E-state index contributed by atoms with van der Waals surface area (Å²) in [6.07, 6.45) is 1.30. The highest BCUT2D eigenvalue weighted by molar-refractivity contribution is 6.30. The van der Waals surface area contributed by atoms with Crippen molar-refractivity contribution < 1.29 is 8.78 Å². The van der Waals surface area contributed by atoms with Gasteiger partial charge in [0.1, 0.15) is 17.3 Å². The van der Waals surface area contributed by atoms with Crippen molar-refractivity contribution >= 4 is 28.9 Å². The molecular formula is C12H8ClF2N5. The molecule has 0 aliphatic carbocycles. The van der Waals surface area contributed by atoms with Crippen LogP contribution < -0.4 is 5.32 Å². The second kappa shape index (κ2) is 4.68. The van der Waals surface area contributed by atoms with Gasteiger partial charge in [-0.1, -0.05) is 17.7 Å². The normalized spacial score (nSPS) is 11.0. The van der Waals surface area contributed by atoms with Crippen molar-refractivity contribution in [3.8, 4) is 0 Å². The number of benzene rings is 1. The van der Waals surface area contributed by atoms with Gasteiger partial charge in [0.2, 0.25) is 0 Å². The van der Waals surface area contributed by atoms with E-state index in [0.717, 1.165) is 6.07 Å². The summed E-state index contributed by atoms with van der Waals surface area (Å²) in [6, 6.07) is 3.85. The molecule has 5 nitrogen and oxygen atoms in total. The molecule has 1 N–H and O–H groups in total. The molecule has 0 atom stereocenters. The van der Waals surface area contributed by atoms with E-state index in [-0.39, 0.29) is 16.6 Å². The molecule has 0 bridgehead atoms. The molecule has 102 valence electrons. The Morgan fingerprint density at radius 1 is 1.30 bits per heavy atom. The maximum absolute atomic E-state index is 13.7. The van der Waals surface area contributed by atoms with Gasteiger partial charge >= 0.3 is 0 Å². The van der Waals surface area contributed by atoms with E-state index in [4.69, 9.17) is 11.6 Å². The molecule has 0 saturated carbocycles. The Morgan fingerprint density at radius 3 is 2.90 bits per heavy atom. The van der Waals surface area contributed by atoms with E-state index in [1.807, 2.05) is 0 Å². The molecule has 2 heterocycles. The predicted molar refractivity (Wildman–Crippen MR) is 70.2 cm³/mol. The molecule has 2 aromatic heterocycles. The van der Waals surface area contributed by atoms with Crippen LogP contribution in [0.3, 0.4) is 0 Å². The fraction of sp³-hybridized carbons (Fsp3) is 0.0833. The van der Waals surface area contributed by atoms with Crippen LogP contribution >= 0.6 is 11.6 Å². The minimum absolute atomic E-state index is 0.0211. The third-order valence-corrected chi connectivity index (χ3v) is 3.18. The number of hydrogen-bond acceptors (Lipinski definition) is 4. The van der Waals surface area contributed by atoms with Crippen LogP contribution in [0.5, 0.6) is 0 Å². The molecule has 0 amide bonds. The summed E-state index contributed by atoms with van der Waals surface area (Å²) in [7, 11) is 0. The lowest BCUT2D eigenvalue weighted by Gasteiger charge is -2.12. The zero-order valence-corrected chi connectivity index (χ0v) is 11.0. The Bertz CT molecular complexity index is 802. The Hall–Kier alpha value is -2.28. The zero-order chi connectivity index (χ0) is 14.3. The maximum atomic E-state index is 13.7. The molecule has 1 aromatic carbocycles. The predicted octanol–water partition coefficient (Wildman–Crippen LogP) is 3.11. The minimum atomic E-state index is -0.979. The van der Waals surface area contributed by atoms with Crippen molar-refractivity contribution in [1.29, 1.82) is 0 Å². The molecule has 0 unspecified atom stereocenters. The monoisotopic (exact) mass is 295 g/mol. The van der Waals surface area contributed by atoms with Crippen molar-refractivity contribution in [2.45, 2.75) is 6.92 Å². The molecule has 0 radical (unpaired) electrons. The molecule has 0 saturated heterocycles. The van der Waals surface area contributed by atoms with Gasteiger partial charge in [0.15, 0.2) is 11.6 Å². The van der Waals surface area contributed by atoms with Gasteiger partial charge in [-0.2, -0.15) is 19.6 Å². The van der Waals surface area contributed by atoms with Gasteiger partial charge in [-0.25, -0.2) is 8.78 Å². The standard InChI is InChI=1S/C12H8ClF2N5/c1-6-10(13)19-12-16-5-17-20(12)11(6)18-8-4-2-3-7(14)9(8)15/h2-5,18H,1H3. The van der Waals surface area contributed by atoms with Crippen molar-refractivity contribution in [3.05, 3.63) is 46.9 Å². The van der Waals surface area contributed by atoms with Gasteiger partial charge in [0, 0.05) is 5.56 Å². The first-order valence-corrected chi connectivity index (χ1v) is 6.02. The van der Waals surface area contributed by atoms with Gasteiger partial charge in [0.25, 0.3) is 5.78 Å². The second-order valence-corrected chi connectivity index (χ2v) is 4.43. The van der Waals surface area contributed by atoms with E-state index in [1.165, 1.54) is 23.0 Å². The number of halogens is 3. The lowest BCUT2D eigenvalue weighted by Crippen LogP contribution is -2.06. The fourth-order valence-corrected chi connectivity index (χ4v) is 1.94. The number of fused-ring (bicyclic) bond motifs is 1. The van der Waals surface area contributed by atoms with Crippen LogP contribution in [-0.4, -0.2) is 19.6 Å². The summed E-state index contributed by atoms with van der Waals surface area (Å²) in [5.41, 5.74) is 0.528. The van der Waals surface area contributed by atoms with Gasteiger partial charge in [-0.3, -0.25) is 0 Å². The summed E-state index contributed by atoms with van der Waals surface area (Å²) in [5, 5.41) is 6.96. The first-order chi connectivity index (χ1) is 9.58. The quantitative estimate of drug-likeness (QED) is 0.738. The van der Waals surface area contributed by atoms with Crippen LogP contribution in [-0.2, 0) is 0 Å². The molecule has 0 aliphatic heterocycles. The average Bonchev–Trinajstić information content (AvgIpc) is 2.87. The summed E-state index contributed by atoms with van der Waals surface area (Å²) in [6.45, 7) is 1.69. The molecule has 0 fully saturated rings. The largest absolute Gasteiger partial charge is 0.337 e. The van der Waals surface area contributed by atoms with Crippen LogP contribution in [0.2, 0.25) is 5.15 Å². The molecular weight excluding hydrogens is 288 g/mol. The van der Waals surface area contributed by atoms with Crippen molar-refractivity contribution in [1.82, 2.24) is 19.6 Å². The smallest absolute Gasteiger partial charge is 0.255 e. The van der Waals surface area contributed by atoms with E-state index in [0.29, 0.717) is 11.4 Å². The fourth-order valence-electron chi connectivity index (χ4n) is 1.77. The van der Waals surface area contributed by atoms with E-state index in [1.54, 1.807) is 6.92 Å². The first-order valence-electron chi connectivity index (χ1n) is 5.65. The van der Waals surface area contributed by atoms with Gasteiger partial charge in [-0.05, 0) is 19.1 Å². The van der Waals surface area contributed by atoms with Crippen LogP contribution in [0, 0.1) is 18.6 Å². The van der Waals surface area contributed by atoms with Gasteiger partial charge in [-0.15, -0.1) is 0 Å². The SMILES string of the molecule is Cc1c(Cl)nc2ncnn2c1Nc1cccc(F)c1F. The van der Waals surface area contributed by atoms with E-state index in [2.05, 4.69) is 20.4 Å². The van der Waals surface area contributed by atoms with E-state index in [9.17, 15) is 8.78 Å². The Morgan fingerprint density at radius 2 is 2.10 bits per heavy atom.